The fraction of sp³-hybridized carbons (Fsp3) is 0.424. The molecule has 1 fully saturated rings. The summed E-state index contributed by atoms with van der Waals surface area (Å²) >= 11 is 0. The lowest BCUT2D eigenvalue weighted by atomic mass is 9.83. The summed E-state index contributed by atoms with van der Waals surface area (Å²) < 4.78 is 1.68. The second-order valence-electron chi connectivity index (χ2n) is 11.4. The van der Waals surface area contributed by atoms with E-state index in [4.69, 9.17) is 0 Å². The maximum atomic E-state index is 12.0. The van der Waals surface area contributed by atoms with Crippen LogP contribution in [-0.4, -0.2) is 62.8 Å². The van der Waals surface area contributed by atoms with Gasteiger partial charge in [0.2, 0.25) is 0 Å². The second kappa shape index (κ2) is 13.3. The molecule has 3 heterocycles. The van der Waals surface area contributed by atoms with Crippen LogP contribution in [0.1, 0.15) is 68.8 Å². The van der Waals surface area contributed by atoms with E-state index in [1.807, 2.05) is 19.1 Å². The first-order chi connectivity index (χ1) is 20.0. The summed E-state index contributed by atoms with van der Waals surface area (Å²) in [4.78, 5) is 19.1. The van der Waals surface area contributed by atoms with Crippen LogP contribution in [0.15, 0.2) is 79.0 Å². The zero-order valence-electron chi connectivity index (χ0n) is 24.2. The Balaban J connectivity index is 1.09. The van der Waals surface area contributed by atoms with Crippen LogP contribution in [0.5, 0.6) is 0 Å². The number of fused-ring (bicyclic) bond motifs is 1. The van der Waals surface area contributed by atoms with E-state index >= 15 is 0 Å². The second-order valence-corrected chi connectivity index (χ2v) is 11.4. The molecule has 1 saturated heterocycles. The quantitative estimate of drug-likeness (QED) is 0.187. The molecule has 4 aromatic rings. The number of hydrogen-bond acceptors (Lipinski definition) is 6. The molecule has 8 nitrogen and oxygen atoms in total. The van der Waals surface area contributed by atoms with Crippen LogP contribution >= 0.6 is 0 Å². The zero-order chi connectivity index (χ0) is 28.7. The average Bonchev–Trinajstić information content (AvgIpc) is 3.44. The Bertz CT molecular complexity index is 1360. The van der Waals surface area contributed by atoms with Gasteiger partial charge in [-0.1, -0.05) is 74.0 Å². The number of rotatable bonds is 13. The topological polar surface area (TPSA) is 94.8 Å². The van der Waals surface area contributed by atoms with E-state index in [2.05, 4.69) is 86.3 Å². The molecule has 2 aromatic heterocycles. The number of carboxylic acids is 1. The van der Waals surface area contributed by atoms with Crippen LogP contribution in [0, 0.1) is 0 Å². The number of piperidine rings is 1. The highest BCUT2D eigenvalue weighted by Gasteiger charge is 2.37. The minimum absolute atomic E-state index is 0.207. The summed E-state index contributed by atoms with van der Waals surface area (Å²) in [6.07, 6.45) is 6.36. The summed E-state index contributed by atoms with van der Waals surface area (Å²) in [5.74, 6) is -0.0853. The third-order valence-corrected chi connectivity index (χ3v) is 8.32. The monoisotopic (exact) mass is 554 g/mol. The lowest BCUT2D eigenvalue weighted by Crippen LogP contribution is -2.44. The molecular formula is C33H42N6O2. The Hall–Kier alpha value is -3.75. The normalized spacial score (nSPS) is 16.2. The summed E-state index contributed by atoms with van der Waals surface area (Å²) in [5, 5.41) is 21.8. The molecular weight excluding hydrogens is 512 g/mol. The van der Waals surface area contributed by atoms with Crippen LogP contribution in [0.3, 0.4) is 0 Å². The number of anilines is 1. The van der Waals surface area contributed by atoms with E-state index in [9.17, 15) is 9.90 Å². The Morgan fingerprint density at radius 2 is 1.68 bits per heavy atom. The van der Waals surface area contributed by atoms with Crippen molar-refractivity contribution < 1.29 is 9.90 Å². The molecule has 0 amide bonds. The van der Waals surface area contributed by atoms with Gasteiger partial charge in [-0.3, -0.25) is 4.79 Å². The van der Waals surface area contributed by atoms with Crippen molar-refractivity contribution in [2.75, 3.05) is 31.5 Å². The molecule has 216 valence electrons. The van der Waals surface area contributed by atoms with Crippen LogP contribution in [-0.2, 0) is 10.2 Å². The zero-order valence-corrected chi connectivity index (χ0v) is 24.2. The van der Waals surface area contributed by atoms with Gasteiger partial charge in [0.25, 0.3) is 0 Å². The molecule has 1 atom stereocenters. The van der Waals surface area contributed by atoms with Crippen LogP contribution in [0.25, 0.3) is 5.65 Å². The molecule has 5 rings (SSSR count). The van der Waals surface area contributed by atoms with Crippen LogP contribution in [0.4, 0.5) is 5.82 Å². The van der Waals surface area contributed by atoms with Gasteiger partial charge in [-0.15, -0.1) is 5.10 Å². The number of likely N-dealkylation sites (tertiary alicyclic amines) is 1. The Morgan fingerprint density at radius 3 is 2.29 bits per heavy atom. The highest BCUT2D eigenvalue weighted by Crippen LogP contribution is 2.29. The Labute approximate surface area is 242 Å². The van der Waals surface area contributed by atoms with Gasteiger partial charge in [0, 0.05) is 12.6 Å². The number of carboxylic acid groups (broad SMARTS) is 1. The summed E-state index contributed by atoms with van der Waals surface area (Å²) in [7, 11) is 0. The number of hydrogen-bond donors (Lipinski definition) is 3. The number of benzene rings is 2. The van der Waals surface area contributed by atoms with E-state index in [1.165, 1.54) is 11.1 Å². The minimum Gasteiger partial charge on any atom is -0.481 e. The molecule has 1 aliphatic rings. The van der Waals surface area contributed by atoms with Gasteiger partial charge in [-0.25, -0.2) is 9.50 Å². The number of nitrogens with one attached hydrogen (secondary N) is 2. The third-order valence-electron chi connectivity index (χ3n) is 8.32. The average molecular weight is 555 g/mol. The molecule has 41 heavy (non-hydrogen) atoms. The predicted molar refractivity (Wildman–Crippen MR) is 163 cm³/mol. The largest absolute Gasteiger partial charge is 0.481 e. The number of carbonyl (C=O) groups is 1. The third kappa shape index (κ3) is 6.94. The summed E-state index contributed by atoms with van der Waals surface area (Å²) in [5.41, 5.74) is 2.81. The van der Waals surface area contributed by atoms with Crippen molar-refractivity contribution in [1.82, 2.24) is 24.8 Å². The molecule has 2 aromatic carbocycles. The lowest BCUT2D eigenvalue weighted by molar-refractivity contribution is -0.143. The molecule has 0 spiro atoms. The van der Waals surface area contributed by atoms with Crippen LogP contribution in [0.2, 0.25) is 0 Å². The predicted octanol–water partition coefficient (Wildman–Crippen LogP) is 5.52. The van der Waals surface area contributed by atoms with Gasteiger partial charge in [-0.05, 0) is 75.5 Å². The molecule has 1 unspecified atom stereocenters. The number of aromatic nitrogens is 3. The van der Waals surface area contributed by atoms with E-state index in [1.54, 1.807) is 17.6 Å². The van der Waals surface area contributed by atoms with Gasteiger partial charge >= 0.3 is 5.97 Å². The summed E-state index contributed by atoms with van der Waals surface area (Å²) in [6.45, 7) is 7.79. The fourth-order valence-corrected chi connectivity index (χ4v) is 5.84. The molecule has 1 aliphatic heterocycles. The van der Waals surface area contributed by atoms with Crippen molar-refractivity contribution in [2.45, 2.75) is 63.5 Å². The smallest absolute Gasteiger partial charge is 0.315 e. The number of aliphatic carboxylic acids is 1. The standard InChI is InChI=1S/C33H42N6O2/c1-3-19-33(2,32(40)41)28-24-39-30(36-28)16-15-29(37-39)34-20-10-21-38-22-17-27(18-23-38)35-31(25-11-6-4-7-12-25)26-13-8-5-9-14-26/h4-9,11-16,24,27,31,35H,3,10,17-23H2,1-2H3,(H,34,37)(H,40,41). The molecule has 0 radical (unpaired) electrons. The van der Waals surface area contributed by atoms with Crippen molar-refractivity contribution >= 4 is 17.4 Å². The highest BCUT2D eigenvalue weighted by atomic mass is 16.4. The van der Waals surface area contributed by atoms with Gasteiger partial charge in [0.15, 0.2) is 5.65 Å². The highest BCUT2D eigenvalue weighted by molar-refractivity contribution is 5.80. The van der Waals surface area contributed by atoms with Gasteiger partial charge in [0.05, 0.1) is 17.9 Å². The number of imidazole rings is 1. The molecule has 3 N–H and O–H groups in total. The van der Waals surface area contributed by atoms with Gasteiger partial charge in [0.1, 0.15) is 11.2 Å². The molecule has 8 heteroatoms. The van der Waals surface area contributed by atoms with E-state index < -0.39 is 11.4 Å². The first-order valence-corrected chi connectivity index (χ1v) is 14.9. The maximum Gasteiger partial charge on any atom is 0.315 e. The molecule has 0 saturated carbocycles. The van der Waals surface area contributed by atoms with E-state index in [0.29, 0.717) is 23.8 Å². The number of nitrogens with zero attached hydrogens (tertiary/aromatic N) is 4. The fourth-order valence-electron chi connectivity index (χ4n) is 5.84. The Morgan fingerprint density at radius 1 is 1.02 bits per heavy atom. The first-order valence-electron chi connectivity index (χ1n) is 14.9. The van der Waals surface area contributed by atoms with E-state index in [-0.39, 0.29) is 6.04 Å². The SMILES string of the molecule is CCCC(C)(C(=O)O)c1cn2nc(NCCCN3CCC(NC(c4ccccc4)c4ccccc4)CC3)ccc2n1. The Kier molecular flexibility index (Phi) is 9.31. The molecule has 0 aliphatic carbocycles. The van der Waals surface area contributed by atoms with Crippen molar-refractivity contribution in [1.29, 1.82) is 0 Å². The summed E-state index contributed by atoms with van der Waals surface area (Å²) in [6, 6.07) is 26.0. The van der Waals surface area contributed by atoms with Crippen LogP contribution < -0.4 is 10.6 Å². The van der Waals surface area contributed by atoms with Crippen molar-refractivity contribution in [3.05, 3.63) is 95.8 Å². The lowest BCUT2D eigenvalue weighted by Gasteiger charge is -2.35. The molecule has 0 bridgehead atoms. The van der Waals surface area contributed by atoms with Gasteiger partial charge in [-0.2, -0.15) is 0 Å². The minimum atomic E-state index is -1.01. The maximum absolute atomic E-state index is 12.0. The van der Waals surface area contributed by atoms with Crippen molar-refractivity contribution in [2.24, 2.45) is 0 Å². The van der Waals surface area contributed by atoms with Gasteiger partial charge < -0.3 is 20.6 Å². The van der Waals surface area contributed by atoms with Crippen molar-refractivity contribution in [3.63, 3.8) is 0 Å². The first kappa shape index (κ1) is 28.8. The van der Waals surface area contributed by atoms with Crippen molar-refractivity contribution in [3.8, 4) is 0 Å². The van der Waals surface area contributed by atoms with E-state index in [0.717, 1.165) is 57.7 Å².